The van der Waals surface area contributed by atoms with Crippen LogP contribution in [0.25, 0.3) is 10.9 Å². The van der Waals surface area contributed by atoms with E-state index in [1.54, 1.807) is 24.3 Å². The molecule has 3 aromatic rings. The van der Waals surface area contributed by atoms with Crippen LogP contribution in [0.1, 0.15) is 17.5 Å². The first-order valence-electron chi connectivity index (χ1n) is 8.79. The minimum atomic E-state index is -4.51. The average molecular weight is 405 g/mol. The van der Waals surface area contributed by atoms with Gasteiger partial charge in [0.25, 0.3) is 5.56 Å². The molecule has 0 fully saturated rings. The zero-order valence-corrected chi connectivity index (χ0v) is 15.5. The van der Waals surface area contributed by atoms with E-state index in [1.807, 2.05) is 0 Å². The number of para-hydroxylation sites is 1. The molecule has 2 aromatic carbocycles. The maximum atomic E-state index is 13.1. The lowest BCUT2D eigenvalue weighted by Gasteiger charge is -2.20. The van der Waals surface area contributed by atoms with Crippen molar-refractivity contribution in [2.75, 3.05) is 7.05 Å². The summed E-state index contributed by atoms with van der Waals surface area (Å²) in [7, 11) is 1.41. The van der Waals surface area contributed by atoms with Crippen LogP contribution in [-0.4, -0.2) is 27.4 Å². The van der Waals surface area contributed by atoms with E-state index in [-0.39, 0.29) is 25.1 Å². The summed E-state index contributed by atoms with van der Waals surface area (Å²) in [5, 5.41) is 0.312. The Hall–Kier alpha value is -3.36. The molecule has 0 aliphatic carbocycles. The first kappa shape index (κ1) is 20.4. The standard InChI is InChI=1S/C20H18F3N3O3/c1-25(12-13-6-2-4-8-15(13)20(21,22)23)17(27)10-11-26-16-9-5-3-7-14(16)18(28)24-19(26)29/h2-9H,10-12H2,1H3,(H,24,28,29). The van der Waals surface area contributed by atoms with Crippen LogP contribution < -0.4 is 11.2 Å². The molecular weight excluding hydrogens is 387 g/mol. The number of fused-ring (bicyclic) bond motifs is 1. The van der Waals surface area contributed by atoms with Gasteiger partial charge in [0.15, 0.2) is 0 Å². The van der Waals surface area contributed by atoms with Gasteiger partial charge >= 0.3 is 11.9 Å². The number of aromatic nitrogens is 2. The van der Waals surface area contributed by atoms with Crippen molar-refractivity contribution in [2.24, 2.45) is 0 Å². The summed E-state index contributed by atoms with van der Waals surface area (Å²) in [6.07, 6.45) is -4.62. The van der Waals surface area contributed by atoms with E-state index in [4.69, 9.17) is 0 Å². The van der Waals surface area contributed by atoms with Crippen LogP contribution in [-0.2, 0) is 24.1 Å². The molecule has 1 aromatic heterocycles. The first-order valence-corrected chi connectivity index (χ1v) is 8.79. The summed E-state index contributed by atoms with van der Waals surface area (Å²) in [4.78, 5) is 39.9. The van der Waals surface area contributed by atoms with E-state index < -0.39 is 28.9 Å². The van der Waals surface area contributed by atoms with Crippen molar-refractivity contribution in [2.45, 2.75) is 25.7 Å². The van der Waals surface area contributed by atoms with E-state index in [2.05, 4.69) is 4.98 Å². The first-order chi connectivity index (χ1) is 13.7. The van der Waals surface area contributed by atoms with Crippen molar-refractivity contribution in [3.8, 4) is 0 Å². The van der Waals surface area contributed by atoms with Gasteiger partial charge in [-0.3, -0.25) is 19.1 Å². The molecule has 3 rings (SSSR count). The van der Waals surface area contributed by atoms with Gasteiger partial charge < -0.3 is 4.90 Å². The second-order valence-electron chi connectivity index (χ2n) is 6.58. The van der Waals surface area contributed by atoms with Crippen LogP contribution in [0.2, 0.25) is 0 Å². The van der Waals surface area contributed by atoms with Crippen molar-refractivity contribution in [3.05, 3.63) is 80.5 Å². The minimum Gasteiger partial charge on any atom is -0.341 e. The lowest BCUT2D eigenvalue weighted by atomic mass is 10.1. The molecule has 152 valence electrons. The Morgan fingerprint density at radius 2 is 1.72 bits per heavy atom. The third-order valence-electron chi connectivity index (χ3n) is 4.61. The molecule has 29 heavy (non-hydrogen) atoms. The molecule has 0 aliphatic rings. The van der Waals surface area contributed by atoms with Crippen molar-refractivity contribution >= 4 is 16.8 Å². The van der Waals surface area contributed by atoms with Gasteiger partial charge in [0.1, 0.15) is 0 Å². The number of benzene rings is 2. The second-order valence-corrected chi connectivity index (χ2v) is 6.58. The molecule has 0 radical (unpaired) electrons. The van der Waals surface area contributed by atoms with E-state index >= 15 is 0 Å². The number of H-pyrrole nitrogens is 1. The van der Waals surface area contributed by atoms with Crippen LogP contribution in [0, 0.1) is 0 Å². The largest absolute Gasteiger partial charge is 0.416 e. The Morgan fingerprint density at radius 1 is 1.07 bits per heavy atom. The fourth-order valence-electron chi connectivity index (χ4n) is 3.14. The zero-order chi connectivity index (χ0) is 21.2. The van der Waals surface area contributed by atoms with Crippen molar-refractivity contribution in [3.63, 3.8) is 0 Å². The molecule has 1 amide bonds. The van der Waals surface area contributed by atoms with Crippen molar-refractivity contribution in [1.29, 1.82) is 0 Å². The topological polar surface area (TPSA) is 75.2 Å². The summed E-state index contributed by atoms with van der Waals surface area (Å²) in [5.41, 5.74) is -1.58. The number of alkyl halides is 3. The SMILES string of the molecule is CN(Cc1ccccc1C(F)(F)F)C(=O)CCn1c(=O)[nH]c(=O)c2ccccc21. The molecule has 0 saturated heterocycles. The highest BCUT2D eigenvalue weighted by Gasteiger charge is 2.33. The summed E-state index contributed by atoms with van der Waals surface area (Å²) in [5.74, 6) is -0.427. The van der Waals surface area contributed by atoms with Gasteiger partial charge in [0.05, 0.1) is 16.5 Å². The summed E-state index contributed by atoms with van der Waals surface area (Å²) < 4.78 is 40.6. The quantitative estimate of drug-likeness (QED) is 0.709. The van der Waals surface area contributed by atoms with Crippen LogP contribution in [0.5, 0.6) is 0 Å². The predicted molar refractivity (Wildman–Crippen MR) is 101 cm³/mol. The van der Waals surface area contributed by atoms with Gasteiger partial charge in [-0.15, -0.1) is 0 Å². The molecule has 9 heteroatoms. The summed E-state index contributed by atoms with van der Waals surface area (Å²) in [6, 6.07) is 11.6. The number of aromatic amines is 1. The molecule has 0 spiro atoms. The number of carbonyl (C=O) groups excluding carboxylic acids is 1. The number of hydrogen-bond acceptors (Lipinski definition) is 3. The number of rotatable bonds is 5. The Balaban J connectivity index is 1.77. The van der Waals surface area contributed by atoms with Crippen molar-refractivity contribution in [1.82, 2.24) is 14.5 Å². The Kier molecular flexibility index (Phi) is 5.58. The highest BCUT2D eigenvalue weighted by molar-refractivity contribution is 5.78. The minimum absolute atomic E-state index is 0.0116. The normalized spacial score (nSPS) is 11.6. The molecule has 0 bridgehead atoms. The molecule has 0 unspecified atom stereocenters. The van der Waals surface area contributed by atoms with E-state index in [9.17, 15) is 27.6 Å². The highest BCUT2D eigenvalue weighted by Crippen LogP contribution is 2.32. The molecule has 0 aliphatic heterocycles. The zero-order valence-electron chi connectivity index (χ0n) is 15.5. The number of aryl methyl sites for hydroxylation is 1. The molecule has 0 atom stereocenters. The third kappa shape index (κ3) is 4.39. The van der Waals surface area contributed by atoms with Crippen molar-refractivity contribution < 1.29 is 18.0 Å². The number of nitrogens with one attached hydrogen (secondary N) is 1. The van der Waals surface area contributed by atoms with Gasteiger partial charge in [-0.1, -0.05) is 30.3 Å². The van der Waals surface area contributed by atoms with Crippen LogP contribution in [0.15, 0.2) is 58.1 Å². The average Bonchev–Trinajstić information content (AvgIpc) is 2.67. The fourth-order valence-corrected chi connectivity index (χ4v) is 3.14. The van der Waals surface area contributed by atoms with Crippen LogP contribution in [0.3, 0.4) is 0 Å². The lowest BCUT2D eigenvalue weighted by molar-refractivity contribution is -0.139. The summed E-state index contributed by atoms with van der Waals surface area (Å²) in [6.45, 7) is -0.226. The van der Waals surface area contributed by atoms with E-state index in [1.165, 1.54) is 34.7 Å². The predicted octanol–water partition coefficient (Wildman–Crippen LogP) is 2.76. The molecule has 6 nitrogen and oxygen atoms in total. The van der Waals surface area contributed by atoms with Gasteiger partial charge in [0.2, 0.25) is 5.91 Å². The van der Waals surface area contributed by atoms with Crippen LogP contribution in [0.4, 0.5) is 13.2 Å². The van der Waals surface area contributed by atoms with Gasteiger partial charge in [-0.05, 0) is 23.8 Å². The van der Waals surface area contributed by atoms with Gasteiger partial charge in [0, 0.05) is 26.6 Å². The second kappa shape index (κ2) is 7.94. The maximum Gasteiger partial charge on any atom is 0.416 e. The molecule has 1 heterocycles. The molecule has 1 N–H and O–H groups in total. The smallest absolute Gasteiger partial charge is 0.341 e. The maximum absolute atomic E-state index is 13.1. The number of nitrogens with zero attached hydrogens (tertiary/aromatic N) is 2. The molecular formula is C20H18F3N3O3. The van der Waals surface area contributed by atoms with Gasteiger partial charge in [-0.2, -0.15) is 13.2 Å². The fraction of sp³-hybridized carbons (Fsp3) is 0.250. The molecule has 0 saturated carbocycles. The van der Waals surface area contributed by atoms with E-state index in [0.717, 1.165) is 6.07 Å². The Morgan fingerprint density at radius 3 is 2.45 bits per heavy atom. The van der Waals surface area contributed by atoms with Crippen LogP contribution >= 0.6 is 0 Å². The highest BCUT2D eigenvalue weighted by atomic mass is 19.4. The Bertz CT molecular complexity index is 1170. The number of hydrogen-bond donors (Lipinski definition) is 1. The Labute approximate surface area is 163 Å². The monoisotopic (exact) mass is 405 g/mol. The van der Waals surface area contributed by atoms with E-state index in [0.29, 0.717) is 10.9 Å². The summed E-state index contributed by atoms with van der Waals surface area (Å²) >= 11 is 0. The number of carbonyl (C=O) groups is 1. The lowest BCUT2D eigenvalue weighted by Crippen LogP contribution is -2.33. The number of amides is 1. The number of halogens is 3. The third-order valence-corrected chi connectivity index (χ3v) is 4.61. The van der Waals surface area contributed by atoms with Gasteiger partial charge in [-0.25, -0.2) is 4.79 Å².